The Morgan fingerprint density at radius 1 is 1.06 bits per heavy atom. The van der Waals surface area contributed by atoms with Crippen LogP contribution < -0.4 is 0 Å². The van der Waals surface area contributed by atoms with E-state index in [1.54, 1.807) is 14.2 Å². The van der Waals surface area contributed by atoms with Crippen LogP contribution in [0, 0.1) is 23.7 Å². The Bertz CT molecular complexity index is 331. The molecule has 0 aromatic rings. The third kappa shape index (κ3) is 1.53. The Kier molecular flexibility index (Phi) is 3.22. The SMILES string of the molecule is COC1(OC)C2C=CC1C(C1OCCCO1)C2C. The maximum absolute atomic E-state index is 5.80. The van der Waals surface area contributed by atoms with Gasteiger partial charge >= 0.3 is 0 Å². The normalized spacial score (nSPS) is 42.6. The summed E-state index contributed by atoms with van der Waals surface area (Å²) in [5.74, 6) is 0.754. The average molecular weight is 254 g/mol. The molecule has 3 aliphatic rings. The zero-order valence-electron chi connectivity index (χ0n) is 11.3. The highest BCUT2D eigenvalue weighted by atomic mass is 16.7. The third-order valence-corrected chi connectivity index (χ3v) is 4.85. The summed E-state index contributed by atoms with van der Waals surface area (Å²) in [5.41, 5.74) is 0. The highest BCUT2D eigenvalue weighted by molar-refractivity contribution is 5.22. The van der Waals surface area contributed by atoms with Crippen molar-refractivity contribution in [1.29, 1.82) is 0 Å². The minimum Gasteiger partial charge on any atom is -0.352 e. The fraction of sp³-hybridized carbons (Fsp3) is 0.857. The van der Waals surface area contributed by atoms with Crippen LogP contribution in [-0.2, 0) is 18.9 Å². The maximum Gasteiger partial charge on any atom is 0.180 e. The molecule has 0 aromatic carbocycles. The highest BCUT2D eigenvalue weighted by Gasteiger charge is 2.63. The van der Waals surface area contributed by atoms with E-state index in [1.807, 2.05) is 0 Å². The second kappa shape index (κ2) is 4.60. The van der Waals surface area contributed by atoms with E-state index < -0.39 is 5.79 Å². The van der Waals surface area contributed by atoms with Gasteiger partial charge in [-0.05, 0) is 12.3 Å². The van der Waals surface area contributed by atoms with Crippen molar-refractivity contribution in [2.75, 3.05) is 27.4 Å². The van der Waals surface area contributed by atoms with Gasteiger partial charge in [-0.3, -0.25) is 0 Å². The monoisotopic (exact) mass is 254 g/mol. The van der Waals surface area contributed by atoms with Gasteiger partial charge in [0.2, 0.25) is 0 Å². The third-order valence-electron chi connectivity index (χ3n) is 4.85. The van der Waals surface area contributed by atoms with Gasteiger partial charge in [-0.1, -0.05) is 19.1 Å². The van der Waals surface area contributed by atoms with Gasteiger partial charge in [0.15, 0.2) is 12.1 Å². The molecule has 18 heavy (non-hydrogen) atoms. The molecule has 2 aliphatic carbocycles. The van der Waals surface area contributed by atoms with Gasteiger partial charge in [-0.25, -0.2) is 0 Å². The fourth-order valence-corrected chi connectivity index (χ4v) is 4.01. The van der Waals surface area contributed by atoms with E-state index in [4.69, 9.17) is 18.9 Å². The first-order valence-electron chi connectivity index (χ1n) is 6.76. The average Bonchev–Trinajstić information content (AvgIpc) is 2.90. The molecule has 1 heterocycles. The largest absolute Gasteiger partial charge is 0.352 e. The summed E-state index contributed by atoms with van der Waals surface area (Å²) in [7, 11) is 3.46. The quantitative estimate of drug-likeness (QED) is 0.568. The van der Waals surface area contributed by atoms with Gasteiger partial charge < -0.3 is 18.9 Å². The summed E-state index contributed by atoms with van der Waals surface area (Å²) >= 11 is 0. The van der Waals surface area contributed by atoms with Crippen molar-refractivity contribution in [2.45, 2.75) is 25.4 Å². The van der Waals surface area contributed by atoms with Crippen LogP contribution in [0.1, 0.15) is 13.3 Å². The molecule has 2 fully saturated rings. The topological polar surface area (TPSA) is 36.9 Å². The molecule has 0 aromatic heterocycles. The van der Waals surface area contributed by atoms with Crippen LogP contribution in [0.5, 0.6) is 0 Å². The summed E-state index contributed by atoms with van der Waals surface area (Å²) in [4.78, 5) is 0. The molecular weight excluding hydrogens is 232 g/mol. The molecule has 2 bridgehead atoms. The lowest BCUT2D eigenvalue weighted by atomic mass is 9.84. The highest BCUT2D eigenvalue weighted by Crippen LogP contribution is 2.58. The van der Waals surface area contributed by atoms with E-state index in [0.29, 0.717) is 11.8 Å². The standard InChI is InChI=1S/C14H22O4/c1-9-10-5-6-11(14(10,15-2)16-3)12(9)13-17-7-4-8-18-13/h5-6,9-13H,4,7-8H2,1-3H3. The summed E-state index contributed by atoms with van der Waals surface area (Å²) in [6.45, 7) is 3.83. The molecule has 3 rings (SSSR count). The fourth-order valence-electron chi connectivity index (χ4n) is 4.01. The number of hydrogen-bond acceptors (Lipinski definition) is 4. The van der Waals surface area contributed by atoms with E-state index in [2.05, 4.69) is 19.1 Å². The second-order valence-corrected chi connectivity index (χ2v) is 5.47. The van der Waals surface area contributed by atoms with E-state index >= 15 is 0 Å². The summed E-state index contributed by atoms with van der Waals surface area (Å²) < 4.78 is 23.1. The van der Waals surface area contributed by atoms with Crippen molar-refractivity contribution >= 4 is 0 Å². The second-order valence-electron chi connectivity index (χ2n) is 5.47. The van der Waals surface area contributed by atoms with E-state index in [0.717, 1.165) is 19.6 Å². The lowest BCUT2D eigenvalue weighted by Crippen LogP contribution is -2.43. The van der Waals surface area contributed by atoms with Gasteiger partial charge in [0, 0.05) is 32.0 Å². The first-order valence-corrected chi connectivity index (χ1v) is 6.76. The van der Waals surface area contributed by atoms with Crippen molar-refractivity contribution in [3.05, 3.63) is 12.2 Å². The molecule has 4 atom stereocenters. The van der Waals surface area contributed by atoms with E-state index in [-0.39, 0.29) is 18.1 Å². The summed E-state index contributed by atoms with van der Waals surface area (Å²) in [6.07, 6.45) is 5.31. The van der Waals surface area contributed by atoms with Crippen LogP contribution in [0.25, 0.3) is 0 Å². The Morgan fingerprint density at radius 3 is 2.22 bits per heavy atom. The molecule has 4 unspecified atom stereocenters. The van der Waals surface area contributed by atoms with Crippen molar-refractivity contribution < 1.29 is 18.9 Å². The number of fused-ring (bicyclic) bond motifs is 2. The minimum absolute atomic E-state index is 0.113. The Labute approximate surface area is 108 Å². The molecule has 4 nitrogen and oxygen atoms in total. The first kappa shape index (κ1) is 12.6. The Balaban J connectivity index is 1.87. The number of methoxy groups -OCH3 is 2. The number of hydrogen-bond donors (Lipinski definition) is 0. The molecule has 1 saturated heterocycles. The minimum atomic E-state index is -0.520. The van der Waals surface area contributed by atoms with Gasteiger partial charge in [0.05, 0.1) is 13.2 Å². The van der Waals surface area contributed by atoms with Crippen molar-refractivity contribution in [1.82, 2.24) is 0 Å². The Hall–Kier alpha value is -0.420. The van der Waals surface area contributed by atoms with Crippen molar-refractivity contribution in [2.24, 2.45) is 23.7 Å². The van der Waals surface area contributed by atoms with E-state index in [9.17, 15) is 0 Å². The first-order chi connectivity index (χ1) is 8.74. The maximum atomic E-state index is 5.80. The molecule has 1 saturated carbocycles. The lowest BCUT2D eigenvalue weighted by molar-refractivity contribution is -0.250. The van der Waals surface area contributed by atoms with Crippen LogP contribution in [0.2, 0.25) is 0 Å². The zero-order valence-corrected chi connectivity index (χ0v) is 11.3. The molecular formula is C14H22O4. The molecule has 1 aliphatic heterocycles. The van der Waals surface area contributed by atoms with Crippen LogP contribution in [0.3, 0.4) is 0 Å². The lowest BCUT2D eigenvalue weighted by Gasteiger charge is -2.35. The van der Waals surface area contributed by atoms with Crippen LogP contribution in [0.4, 0.5) is 0 Å². The molecule has 0 N–H and O–H groups in total. The van der Waals surface area contributed by atoms with Crippen LogP contribution in [0.15, 0.2) is 12.2 Å². The van der Waals surface area contributed by atoms with Gasteiger partial charge in [0.1, 0.15) is 0 Å². The number of ether oxygens (including phenoxy) is 4. The Morgan fingerprint density at radius 2 is 1.67 bits per heavy atom. The molecule has 102 valence electrons. The smallest absolute Gasteiger partial charge is 0.180 e. The van der Waals surface area contributed by atoms with E-state index in [1.165, 1.54) is 0 Å². The molecule has 4 heteroatoms. The van der Waals surface area contributed by atoms with Crippen molar-refractivity contribution in [3.63, 3.8) is 0 Å². The summed E-state index contributed by atoms with van der Waals surface area (Å²) in [5, 5.41) is 0. The molecule has 0 amide bonds. The van der Waals surface area contributed by atoms with Gasteiger partial charge in [0.25, 0.3) is 0 Å². The van der Waals surface area contributed by atoms with Gasteiger partial charge in [-0.2, -0.15) is 0 Å². The van der Waals surface area contributed by atoms with Gasteiger partial charge in [-0.15, -0.1) is 0 Å². The number of rotatable bonds is 3. The zero-order chi connectivity index (χ0) is 12.8. The van der Waals surface area contributed by atoms with Crippen LogP contribution >= 0.6 is 0 Å². The molecule has 0 radical (unpaired) electrons. The molecule has 0 spiro atoms. The van der Waals surface area contributed by atoms with Crippen LogP contribution in [-0.4, -0.2) is 39.5 Å². The van der Waals surface area contributed by atoms with Crippen molar-refractivity contribution in [3.8, 4) is 0 Å². The predicted octanol–water partition coefficient (Wildman–Crippen LogP) is 1.81. The summed E-state index contributed by atoms with van der Waals surface area (Å²) in [6, 6.07) is 0. The predicted molar refractivity (Wildman–Crippen MR) is 65.8 cm³/mol.